The van der Waals surface area contributed by atoms with Crippen LogP contribution < -0.4 is 5.32 Å². The van der Waals surface area contributed by atoms with Gasteiger partial charge in [0.05, 0.1) is 0 Å². The van der Waals surface area contributed by atoms with E-state index < -0.39 is 0 Å². The van der Waals surface area contributed by atoms with Crippen molar-refractivity contribution in [3.05, 3.63) is 29.3 Å². The fourth-order valence-corrected chi connectivity index (χ4v) is 2.31. The third-order valence-electron chi connectivity index (χ3n) is 3.05. The number of aryl methyl sites for hydroxylation is 1. The van der Waals surface area contributed by atoms with Crippen LogP contribution in [0.1, 0.15) is 29.9 Å². The smallest absolute Gasteiger partial charge is 0.119 e. The van der Waals surface area contributed by atoms with E-state index in [1.54, 1.807) is 6.07 Å². The second-order valence-corrected chi connectivity index (χ2v) is 4.03. The summed E-state index contributed by atoms with van der Waals surface area (Å²) in [4.78, 5) is 0. The quantitative estimate of drug-likeness (QED) is 0.773. The van der Waals surface area contributed by atoms with Gasteiger partial charge < -0.3 is 10.4 Å². The van der Waals surface area contributed by atoms with Crippen molar-refractivity contribution in [3.8, 4) is 5.75 Å². The van der Waals surface area contributed by atoms with Crippen LogP contribution in [-0.4, -0.2) is 18.2 Å². The molecular formula is C12H18ClNO. The first-order valence-corrected chi connectivity index (χ1v) is 5.28. The van der Waals surface area contributed by atoms with E-state index in [-0.39, 0.29) is 12.4 Å². The third kappa shape index (κ3) is 2.64. The Balaban J connectivity index is 0.00000112. The van der Waals surface area contributed by atoms with E-state index in [4.69, 9.17) is 0 Å². The van der Waals surface area contributed by atoms with Gasteiger partial charge in [0.25, 0.3) is 0 Å². The van der Waals surface area contributed by atoms with Crippen molar-refractivity contribution >= 4 is 12.4 Å². The van der Waals surface area contributed by atoms with Crippen LogP contribution in [0, 0.1) is 6.92 Å². The van der Waals surface area contributed by atoms with Gasteiger partial charge in [0.15, 0.2) is 0 Å². The molecule has 0 saturated carbocycles. The van der Waals surface area contributed by atoms with Crippen molar-refractivity contribution < 1.29 is 5.11 Å². The van der Waals surface area contributed by atoms with E-state index >= 15 is 0 Å². The summed E-state index contributed by atoms with van der Waals surface area (Å²) in [7, 11) is 0. The summed E-state index contributed by atoms with van der Waals surface area (Å²) in [6, 6.07) is 5.79. The van der Waals surface area contributed by atoms with Crippen LogP contribution in [0.15, 0.2) is 18.2 Å². The molecule has 0 radical (unpaired) electrons. The van der Waals surface area contributed by atoms with Gasteiger partial charge in [-0.15, -0.1) is 12.4 Å². The van der Waals surface area contributed by atoms with Gasteiger partial charge in [-0.05, 0) is 56.0 Å². The average Bonchev–Trinajstić information content (AvgIpc) is 2.19. The average molecular weight is 228 g/mol. The van der Waals surface area contributed by atoms with Gasteiger partial charge in [-0.25, -0.2) is 0 Å². The molecule has 3 heteroatoms. The maximum atomic E-state index is 9.82. The van der Waals surface area contributed by atoms with Crippen molar-refractivity contribution in [1.82, 2.24) is 5.32 Å². The van der Waals surface area contributed by atoms with E-state index in [1.165, 1.54) is 5.56 Å². The molecule has 2 nitrogen and oxygen atoms in total. The Morgan fingerprint density at radius 3 is 2.53 bits per heavy atom. The van der Waals surface area contributed by atoms with Gasteiger partial charge >= 0.3 is 0 Å². The molecule has 1 aliphatic heterocycles. The topological polar surface area (TPSA) is 32.3 Å². The predicted octanol–water partition coefficient (Wildman–Crippen LogP) is 2.59. The monoisotopic (exact) mass is 227 g/mol. The van der Waals surface area contributed by atoms with Gasteiger partial charge in [0.2, 0.25) is 0 Å². The largest absolute Gasteiger partial charge is 0.508 e. The molecule has 1 aliphatic rings. The first-order valence-electron chi connectivity index (χ1n) is 5.28. The maximum absolute atomic E-state index is 9.82. The summed E-state index contributed by atoms with van der Waals surface area (Å²) in [5.41, 5.74) is 2.38. The van der Waals surface area contributed by atoms with Crippen LogP contribution in [-0.2, 0) is 0 Å². The van der Waals surface area contributed by atoms with Gasteiger partial charge in [0, 0.05) is 0 Å². The Kier molecular flexibility index (Phi) is 4.43. The second-order valence-electron chi connectivity index (χ2n) is 4.03. The molecule has 2 N–H and O–H groups in total. The van der Waals surface area contributed by atoms with Crippen molar-refractivity contribution in [3.63, 3.8) is 0 Å². The Bertz CT molecular complexity index is 301. The van der Waals surface area contributed by atoms with Crippen molar-refractivity contribution in [2.75, 3.05) is 13.1 Å². The predicted molar refractivity (Wildman–Crippen MR) is 64.9 cm³/mol. The Morgan fingerprint density at radius 2 is 1.93 bits per heavy atom. The van der Waals surface area contributed by atoms with Crippen LogP contribution in [0.5, 0.6) is 5.75 Å². The highest BCUT2D eigenvalue weighted by molar-refractivity contribution is 5.85. The molecule has 1 saturated heterocycles. The molecule has 0 amide bonds. The molecule has 84 valence electrons. The normalized spacial score (nSPS) is 17.1. The highest BCUT2D eigenvalue weighted by Gasteiger charge is 2.19. The summed E-state index contributed by atoms with van der Waals surface area (Å²) in [5, 5.41) is 13.2. The lowest BCUT2D eigenvalue weighted by molar-refractivity contribution is 0.423. The Morgan fingerprint density at radius 1 is 1.27 bits per heavy atom. The SMILES string of the molecule is Cc1cccc(O)c1C1CCNCC1.Cl. The van der Waals surface area contributed by atoms with E-state index in [0.29, 0.717) is 11.7 Å². The number of piperidine rings is 1. The number of hydrogen-bond acceptors (Lipinski definition) is 2. The number of benzene rings is 1. The number of phenols is 1. The zero-order valence-electron chi connectivity index (χ0n) is 8.99. The van der Waals surface area contributed by atoms with Crippen molar-refractivity contribution in [2.45, 2.75) is 25.7 Å². The minimum absolute atomic E-state index is 0. The Labute approximate surface area is 97.1 Å². The molecule has 0 atom stereocenters. The zero-order chi connectivity index (χ0) is 9.97. The number of nitrogens with one attached hydrogen (secondary N) is 1. The Hall–Kier alpha value is -0.730. The summed E-state index contributed by atoms with van der Waals surface area (Å²) >= 11 is 0. The molecular weight excluding hydrogens is 210 g/mol. The molecule has 1 fully saturated rings. The first kappa shape index (κ1) is 12.3. The highest BCUT2D eigenvalue weighted by atomic mass is 35.5. The molecule has 0 aromatic heterocycles. The highest BCUT2D eigenvalue weighted by Crippen LogP contribution is 2.34. The third-order valence-corrected chi connectivity index (χ3v) is 3.05. The van der Waals surface area contributed by atoms with Crippen LogP contribution in [0.4, 0.5) is 0 Å². The molecule has 1 aromatic rings. The molecule has 1 aromatic carbocycles. The fourth-order valence-electron chi connectivity index (χ4n) is 2.31. The lowest BCUT2D eigenvalue weighted by Gasteiger charge is -2.25. The standard InChI is InChI=1S/C12H17NO.ClH/c1-9-3-2-4-11(14)12(9)10-5-7-13-8-6-10;/h2-4,10,13-14H,5-8H2,1H3;1H. The van der Waals surface area contributed by atoms with E-state index in [2.05, 4.69) is 18.3 Å². The lowest BCUT2D eigenvalue weighted by atomic mass is 9.87. The maximum Gasteiger partial charge on any atom is 0.119 e. The lowest BCUT2D eigenvalue weighted by Crippen LogP contribution is -2.26. The van der Waals surface area contributed by atoms with Crippen LogP contribution in [0.25, 0.3) is 0 Å². The van der Waals surface area contributed by atoms with E-state index in [1.807, 2.05) is 6.07 Å². The number of halogens is 1. The van der Waals surface area contributed by atoms with Crippen LogP contribution >= 0.6 is 12.4 Å². The number of hydrogen-bond donors (Lipinski definition) is 2. The number of phenolic OH excluding ortho intramolecular Hbond substituents is 1. The minimum atomic E-state index is 0. The van der Waals surface area contributed by atoms with Gasteiger partial charge in [-0.3, -0.25) is 0 Å². The van der Waals surface area contributed by atoms with Crippen molar-refractivity contribution in [1.29, 1.82) is 0 Å². The molecule has 0 spiro atoms. The van der Waals surface area contributed by atoms with Crippen molar-refractivity contribution in [2.24, 2.45) is 0 Å². The number of rotatable bonds is 1. The fraction of sp³-hybridized carbons (Fsp3) is 0.500. The molecule has 15 heavy (non-hydrogen) atoms. The number of aromatic hydroxyl groups is 1. The zero-order valence-corrected chi connectivity index (χ0v) is 9.81. The minimum Gasteiger partial charge on any atom is -0.508 e. The van der Waals surface area contributed by atoms with E-state index in [9.17, 15) is 5.11 Å². The summed E-state index contributed by atoms with van der Waals surface area (Å²) < 4.78 is 0. The van der Waals surface area contributed by atoms with E-state index in [0.717, 1.165) is 31.5 Å². The van der Waals surface area contributed by atoms with Gasteiger partial charge in [-0.1, -0.05) is 12.1 Å². The van der Waals surface area contributed by atoms with Gasteiger partial charge in [0.1, 0.15) is 5.75 Å². The van der Waals surface area contributed by atoms with Crippen LogP contribution in [0.3, 0.4) is 0 Å². The molecule has 1 heterocycles. The first-order chi connectivity index (χ1) is 6.79. The molecule has 2 rings (SSSR count). The van der Waals surface area contributed by atoms with Crippen LogP contribution in [0.2, 0.25) is 0 Å². The second kappa shape index (κ2) is 5.38. The summed E-state index contributed by atoms with van der Waals surface area (Å²) in [6.45, 7) is 4.22. The summed E-state index contributed by atoms with van der Waals surface area (Å²) in [6.07, 6.45) is 2.27. The molecule has 0 unspecified atom stereocenters. The summed E-state index contributed by atoms with van der Waals surface area (Å²) in [5.74, 6) is 1.01. The molecule has 0 aliphatic carbocycles. The van der Waals surface area contributed by atoms with Gasteiger partial charge in [-0.2, -0.15) is 0 Å². The molecule has 0 bridgehead atoms.